The summed E-state index contributed by atoms with van der Waals surface area (Å²) >= 11 is 0. The van der Waals surface area contributed by atoms with E-state index in [2.05, 4.69) is 18.0 Å². The Bertz CT molecular complexity index is 1150. The quantitative estimate of drug-likeness (QED) is 0.569. The van der Waals surface area contributed by atoms with Crippen LogP contribution in [0.4, 0.5) is 13.2 Å². The minimum Gasteiger partial charge on any atom is -0.371 e. The van der Waals surface area contributed by atoms with Crippen LogP contribution in [0, 0.1) is 5.92 Å². The second kappa shape index (κ2) is 9.39. The number of nitrogens with zero attached hydrogens (tertiary/aromatic N) is 1. The van der Waals surface area contributed by atoms with Gasteiger partial charge in [-0.15, -0.1) is 6.58 Å². The molecule has 0 bridgehead atoms. The first-order chi connectivity index (χ1) is 17.2. The summed E-state index contributed by atoms with van der Waals surface area (Å²) in [6.07, 6.45) is -0.00331. The Morgan fingerprint density at radius 2 is 1.75 bits per heavy atom. The molecule has 0 aromatic heterocycles. The monoisotopic (exact) mass is 498 g/mol. The Morgan fingerprint density at radius 1 is 1.08 bits per heavy atom. The van der Waals surface area contributed by atoms with Gasteiger partial charge in [-0.1, -0.05) is 30.3 Å². The molecule has 0 radical (unpaired) electrons. The lowest BCUT2D eigenvalue weighted by atomic mass is 9.71. The molecule has 5 rings (SSSR count). The van der Waals surface area contributed by atoms with Crippen molar-refractivity contribution in [2.24, 2.45) is 5.92 Å². The van der Waals surface area contributed by atoms with E-state index in [-0.39, 0.29) is 35.4 Å². The van der Waals surface area contributed by atoms with Gasteiger partial charge in [-0.2, -0.15) is 13.2 Å². The molecule has 2 aliphatic carbocycles. The molecule has 36 heavy (non-hydrogen) atoms. The summed E-state index contributed by atoms with van der Waals surface area (Å²) < 4.78 is 45.1. The number of piperidine rings is 1. The highest BCUT2D eigenvalue weighted by Gasteiger charge is 2.55. The van der Waals surface area contributed by atoms with Crippen molar-refractivity contribution in [2.45, 2.75) is 49.4 Å². The summed E-state index contributed by atoms with van der Waals surface area (Å²) in [6, 6.07) is 12.1. The van der Waals surface area contributed by atoms with Crippen LogP contribution in [0.15, 0.2) is 61.2 Å². The van der Waals surface area contributed by atoms with Gasteiger partial charge < -0.3 is 15.0 Å². The van der Waals surface area contributed by atoms with E-state index in [1.54, 1.807) is 11.0 Å². The number of halogens is 3. The normalized spacial score (nSPS) is 22.8. The summed E-state index contributed by atoms with van der Waals surface area (Å²) in [6.45, 7) is 4.99. The molecule has 0 unspecified atom stereocenters. The van der Waals surface area contributed by atoms with E-state index in [4.69, 9.17) is 4.74 Å². The number of ether oxygens (including phenoxy) is 1. The van der Waals surface area contributed by atoms with Crippen LogP contribution in [0.3, 0.4) is 0 Å². The first kappa shape index (κ1) is 24.6. The lowest BCUT2D eigenvalue weighted by Gasteiger charge is -2.44. The number of benzene rings is 2. The fraction of sp³-hybridized carbons (Fsp3) is 0.429. The largest absolute Gasteiger partial charge is 0.416 e. The van der Waals surface area contributed by atoms with E-state index in [0.717, 1.165) is 36.1 Å². The number of hydrogen-bond acceptors (Lipinski definition) is 3. The fourth-order valence-corrected chi connectivity index (χ4v) is 5.70. The Hall–Kier alpha value is -3.13. The van der Waals surface area contributed by atoms with Crippen LogP contribution in [0.25, 0.3) is 0 Å². The predicted molar refractivity (Wildman–Crippen MR) is 128 cm³/mol. The van der Waals surface area contributed by atoms with Crippen molar-refractivity contribution in [1.82, 2.24) is 10.2 Å². The molecular formula is C28H29F3N2O3. The molecule has 1 aliphatic heterocycles. The number of carbonyl (C=O) groups is 2. The second-order valence-electron chi connectivity index (χ2n) is 9.91. The van der Waals surface area contributed by atoms with Crippen LogP contribution >= 0.6 is 0 Å². The standard InChI is InChI=1S/C28H29F3N2O3/c1-2-17-36-24-23(32-25(34)18-7-8-18)21-5-3-4-6-22(21)27(24)13-15-33(16-14-27)26(35)19-9-11-20(12-10-19)28(29,30)31/h2-6,9-12,18,23-24H,1,7-8,13-17H2,(H,32,34)/t23-,24+/m1/s1. The van der Waals surface area contributed by atoms with Crippen LogP contribution in [0.5, 0.6) is 0 Å². The van der Waals surface area contributed by atoms with E-state index in [9.17, 15) is 22.8 Å². The molecule has 1 N–H and O–H groups in total. The highest BCUT2D eigenvalue weighted by Crippen LogP contribution is 2.52. The van der Waals surface area contributed by atoms with Crippen LogP contribution in [0.2, 0.25) is 0 Å². The van der Waals surface area contributed by atoms with Gasteiger partial charge >= 0.3 is 6.18 Å². The smallest absolute Gasteiger partial charge is 0.371 e. The maximum Gasteiger partial charge on any atom is 0.416 e. The number of likely N-dealkylation sites (tertiary alicyclic amines) is 1. The number of amides is 2. The van der Waals surface area contributed by atoms with E-state index in [0.29, 0.717) is 32.5 Å². The molecule has 2 aromatic rings. The number of hydrogen-bond donors (Lipinski definition) is 1. The molecule has 1 saturated carbocycles. The molecule has 2 fully saturated rings. The molecular weight excluding hydrogens is 469 g/mol. The maximum absolute atomic E-state index is 13.1. The Labute approximate surface area is 208 Å². The number of alkyl halides is 3. The molecule has 1 spiro atoms. The van der Waals surface area contributed by atoms with Gasteiger partial charge in [-0.05, 0) is 61.1 Å². The molecule has 1 heterocycles. The van der Waals surface area contributed by atoms with E-state index in [1.165, 1.54) is 12.1 Å². The third kappa shape index (κ3) is 4.43. The average molecular weight is 499 g/mol. The second-order valence-corrected chi connectivity index (χ2v) is 9.91. The van der Waals surface area contributed by atoms with Crippen LogP contribution in [-0.2, 0) is 21.1 Å². The maximum atomic E-state index is 13.1. The summed E-state index contributed by atoms with van der Waals surface area (Å²) in [5.41, 5.74) is 1.24. The van der Waals surface area contributed by atoms with Crippen molar-refractivity contribution in [3.63, 3.8) is 0 Å². The predicted octanol–water partition coefficient (Wildman–Crippen LogP) is 5.03. The third-order valence-electron chi connectivity index (χ3n) is 7.72. The van der Waals surface area contributed by atoms with Gasteiger partial charge in [0.15, 0.2) is 0 Å². The van der Waals surface area contributed by atoms with Crippen molar-refractivity contribution < 1.29 is 27.5 Å². The summed E-state index contributed by atoms with van der Waals surface area (Å²) in [5.74, 6) is -0.169. The SMILES string of the molecule is C=CCO[C@H]1[C@H](NC(=O)C2CC2)c2ccccc2C12CCN(C(=O)c1ccc(C(F)(F)F)cc1)CC2. The number of carbonyl (C=O) groups excluding carboxylic acids is 2. The summed E-state index contributed by atoms with van der Waals surface area (Å²) in [7, 11) is 0. The van der Waals surface area contributed by atoms with Gasteiger partial charge in [-0.25, -0.2) is 0 Å². The molecule has 3 aliphatic rings. The molecule has 1 saturated heterocycles. The summed E-state index contributed by atoms with van der Waals surface area (Å²) in [4.78, 5) is 27.5. The molecule has 2 atom stereocenters. The number of nitrogens with one attached hydrogen (secondary N) is 1. The lowest BCUT2D eigenvalue weighted by Crippen LogP contribution is -2.52. The van der Waals surface area contributed by atoms with Crippen molar-refractivity contribution in [3.8, 4) is 0 Å². The Kier molecular flexibility index (Phi) is 6.41. The molecule has 2 aromatic carbocycles. The zero-order valence-corrected chi connectivity index (χ0v) is 19.9. The highest BCUT2D eigenvalue weighted by atomic mass is 19.4. The molecule has 5 nitrogen and oxygen atoms in total. The Morgan fingerprint density at radius 3 is 2.36 bits per heavy atom. The first-order valence-electron chi connectivity index (χ1n) is 12.3. The molecule has 190 valence electrons. The van der Waals surface area contributed by atoms with Crippen LogP contribution in [-0.4, -0.2) is 42.5 Å². The van der Waals surface area contributed by atoms with Crippen molar-refractivity contribution in [2.75, 3.05) is 19.7 Å². The first-order valence-corrected chi connectivity index (χ1v) is 12.3. The van der Waals surface area contributed by atoms with E-state index < -0.39 is 17.2 Å². The highest BCUT2D eigenvalue weighted by molar-refractivity contribution is 5.94. The van der Waals surface area contributed by atoms with Crippen LogP contribution in [0.1, 0.15) is 58.8 Å². The van der Waals surface area contributed by atoms with Crippen molar-refractivity contribution in [3.05, 3.63) is 83.4 Å². The number of rotatable bonds is 6. The van der Waals surface area contributed by atoms with Gasteiger partial charge in [-0.3, -0.25) is 9.59 Å². The topological polar surface area (TPSA) is 58.6 Å². The van der Waals surface area contributed by atoms with Gasteiger partial charge in [0.25, 0.3) is 5.91 Å². The van der Waals surface area contributed by atoms with E-state index >= 15 is 0 Å². The van der Waals surface area contributed by atoms with Crippen LogP contribution < -0.4 is 5.32 Å². The Balaban J connectivity index is 1.38. The number of fused-ring (bicyclic) bond motifs is 2. The van der Waals surface area contributed by atoms with Gasteiger partial charge in [0, 0.05) is 30.0 Å². The minimum absolute atomic E-state index is 0.0500. The molecule has 8 heteroatoms. The minimum atomic E-state index is -4.44. The van der Waals surface area contributed by atoms with Crippen molar-refractivity contribution in [1.29, 1.82) is 0 Å². The summed E-state index contributed by atoms with van der Waals surface area (Å²) in [5, 5.41) is 3.23. The fourth-order valence-electron chi connectivity index (χ4n) is 5.70. The third-order valence-corrected chi connectivity index (χ3v) is 7.72. The van der Waals surface area contributed by atoms with Gasteiger partial charge in [0.2, 0.25) is 5.91 Å². The van der Waals surface area contributed by atoms with Gasteiger partial charge in [0.05, 0.1) is 24.3 Å². The van der Waals surface area contributed by atoms with Crippen molar-refractivity contribution >= 4 is 11.8 Å². The van der Waals surface area contributed by atoms with E-state index in [1.807, 2.05) is 18.2 Å². The zero-order valence-electron chi connectivity index (χ0n) is 19.9. The molecule has 2 amide bonds. The average Bonchev–Trinajstić information content (AvgIpc) is 3.70. The lowest BCUT2D eigenvalue weighted by molar-refractivity contribution is -0.137. The van der Waals surface area contributed by atoms with Gasteiger partial charge in [0.1, 0.15) is 0 Å². The zero-order chi connectivity index (χ0) is 25.5.